The number of pyridine rings is 1. The highest BCUT2D eigenvalue weighted by Crippen LogP contribution is 2.39. The molecular formula is C43H47N4O+. The van der Waals surface area contributed by atoms with Gasteiger partial charge in [0.2, 0.25) is 6.33 Å². The maximum atomic E-state index is 8.18. The third-order valence-corrected chi connectivity index (χ3v) is 9.35. The molecule has 0 aliphatic carbocycles. The van der Waals surface area contributed by atoms with E-state index in [9.17, 15) is 0 Å². The van der Waals surface area contributed by atoms with Gasteiger partial charge in [-0.2, -0.15) is 4.57 Å². The zero-order valence-corrected chi connectivity index (χ0v) is 29.5. The normalized spacial score (nSPS) is 14.0. The Morgan fingerprint density at radius 3 is 2.00 bits per heavy atom. The van der Waals surface area contributed by atoms with E-state index in [4.69, 9.17) is 13.8 Å². The predicted molar refractivity (Wildman–Crippen MR) is 199 cm³/mol. The number of ether oxygens (including phenoxy) is 1. The van der Waals surface area contributed by atoms with Gasteiger partial charge in [-0.3, -0.25) is 4.57 Å². The Morgan fingerprint density at radius 2 is 1.29 bits per heavy atom. The molecule has 48 heavy (non-hydrogen) atoms. The summed E-state index contributed by atoms with van der Waals surface area (Å²) in [5, 5.41) is 2.28. The minimum Gasteiger partial charge on any atom is -0.457 e. The molecule has 5 heteroatoms. The van der Waals surface area contributed by atoms with Crippen LogP contribution in [0.15, 0.2) is 104 Å². The molecule has 0 unspecified atom stereocenters. The topological polar surface area (TPSA) is 35.9 Å². The summed E-state index contributed by atoms with van der Waals surface area (Å²) in [5.74, 6) is 2.23. The van der Waals surface area contributed by atoms with Crippen molar-refractivity contribution >= 4 is 32.8 Å². The molecule has 0 N–H and O–H groups in total. The molecule has 0 amide bonds. The molecule has 0 aliphatic rings. The van der Waals surface area contributed by atoms with E-state index in [1.807, 2.05) is 47.2 Å². The van der Waals surface area contributed by atoms with Gasteiger partial charge in [0.05, 0.1) is 22.1 Å². The summed E-state index contributed by atoms with van der Waals surface area (Å²) < 4.78 is 36.9. The van der Waals surface area contributed by atoms with Gasteiger partial charge in [0.1, 0.15) is 23.0 Å². The van der Waals surface area contributed by atoms with Crippen molar-refractivity contribution in [3.63, 3.8) is 0 Å². The number of para-hydroxylation sites is 2. The number of aromatic nitrogens is 4. The molecule has 7 rings (SSSR count). The predicted octanol–water partition coefficient (Wildman–Crippen LogP) is 10.6. The van der Waals surface area contributed by atoms with E-state index >= 15 is 0 Å². The largest absolute Gasteiger partial charge is 0.457 e. The van der Waals surface area contributed by atoms with Crippen LogP contribution in [-0.4, -0.2) is 14.1 Å². The SMILES string of the molecule is [2H]C([2H])([2H])[n+]1cn(-c2cc(Oc3ccc4c5ccc(C(C)(C)C)cc5n(-c5cc(C(C)(C)C)ccn5)c4c3)cc(C(C)(C)C)c2)c2ccccc21. The van der Waals surface area contributed by atoms with Gasteiger partial charge in [-0.1, -0.05) is 86.6 Å². The van der Waals surface area contributed by atoms with Gasteiger partial charge in [0, 0.05) is 29.1 Å². The van der Waals surface area contributed by atoms with Crippen LogP contribution >= 0.6 is 0 Å². The second kappa shape index (κ2) is 11.1. The van der Waals surface area contributed by atoms with Crippen molar-refractivity contribution in [2.24, 2.45) is 6.98 Å². The Balaban J connectivity index is 1.41. The third-order valence-electron chi connectivity index (χ3n) is 9.35. The van der Waals surface area contributed by atoms with Gasteiger partial charge in [-0.25, -0.2) is 9.55 Å². The first-order valence-corrected chi connectivity index (χ1v) is 16.7. The quantitative estimate of drug-likeness (QED) is 0.180. The number of hydrogen-bond acceptors (Lipinski definition) is 2. The van der Waals surface area contributed by atoms with Crippen LogP contribution in [0.3, 0.4) is 0 Å². The van der Waals surface area contributed by atoms with Crippen molar-refractivity contribution in [1.29, 1.82) is 0 Å². The molecule has 0 atom stereocenters. The lowest BCUT2D eigenvalue weighted by Crippen LogP contribution is -2.25. The van der Waals surface area contributed by atoms with Crippen LogP contribution in [0.4, 0.5) is 0 Å². The number of benzene rings is 4. The molecule has 0 spiro atoms. The Kier molecular flexibility index (Phi) is 6.50. The minimum atomic E-state index is -2.32. The molecule has 4 aromatic carbocycles. The molecule has 0 saturated carbocycles. The monoisotopic (exact) mass is 638 g/mol. The lowest BCUT2D eigenvalue weighted by Gasteiger charge is -2.21. The average Bonchev–Trinajstić information content (AvgIpc) is 3.59. The van der Waals surface area contributed by atoms with Crippen molar-refractivity contribution < 1.29 is 13.4 Å². The molecule has 0 fully saturated rings. The first kappa shape index (κ1) is 28.1. The average molecular weight is 639 g/mol. The number of hydrogen-bond donors (Lipinski definition) is 0. The molecule has 0 aliphatic heterocycles. The number of imidazole rings is 1. The zero-order chi connectivity index (χ0) is 36.7. The summed E-state index contributed by atoms with van der Waals surface area (Å²) in [6.07, 6.45) is 3.57. The van der Waals surface area contributed by atoms with Gasteiger partial charge in [0.25, 0.3) is 0 Å². The van der Waals surface area contributed by atoms with E-state index in [0.717, 1.165) is 44.4 Å². The van der Waals surface area contributed by atoms with Crippen LogP contribution in [0.5, 0.6) is 11.5 Å². The van der Waals surface area contributed by atoms with Crippen LogP contribution in [-0.2, 0) is 23.2 Å². The van der Waals surface area contributed by atoms with Crippen LogP contribution in [0, 0.1) is 0 Å². The fraction of sp³-hybridized carbons (Fsp3) is 0.302. The molecule has 0 saturated heterocycles. The van der Waals surface area contributed by atoms with Crippen molar-refractivity contribution in [1.82, 2.24) is 14.1 Å². The molecule has 3 heterocycles. The smallest absolute Gasteiger partial charge is 0.249 e. The van der Waals surface area contributed by atoms with Crippen molar-refractivity contribution in [3.05, 3.63) is 120 Å². The van der Waals surface area contributed by atoms with Crippen LogP contribution in [0.25, 0.3) is 44.3 Å². The summed E-state index contributed by atoms with van der Waals surface area (Å²) in [4.78, 5) is 4.91. The molecule has 0 radical (unpaired) electrons. The van der Waals surface area contributed by atoms with E-state index in [1.54, 1.807) is 6.33 Å². The molecular weight excluding hydrogens is 589 g/mol. The maximum Gasteiger partial charge on any atom is 0.249 e. The number of nitrogens with zero attached hydrogens (tertiary/aromatic N) is 4. The number of aryl methyl sites for hydroxylation is 1. The third kappa shape index (κ3) is 5.66. The second-order valence-electron chi connectivity index (χ2n) is 16.1. The fourth-order valence-electron chi connectivity index (χ4n) is 6.45. The molecule has 0 bridgehead atoms. The minimum absolute atomic E-state index is 0.0198. The summed E-state index contributed by atoms with van der Waals surface area (Å²) in [6, 6.07) is 31.1. The highest BCUT2D eigenvalue weighted by Gasteiger charge is 2.23. The van der Waals surface area contributed by atoms with Gasteiger partial charge < -0.3 is 4.74 Å². The first-order chi connectivity index (χ1) is 23.8. The Hall–Kier alpha value is -4.90. The van der Waals surface area contributed by atoms with Crippen molar-refractivity contribution in [2.45, 2.75) is 78.6 Å². The van der Waals surface area contributed by atoms with Crippen LogP contribution in [0.2, 0.25) is 0 Å². The Morgan fingerprint density at radius 1 is 0.625 bits per heavy atom. The zero-order valence-electron chi connectivity index (χ0n) is 32.5. The molecule has 244 valence electrons. The van der Waals surface area contributed by atoms with Gasteiger partial charge in [0.15, 0.2) is 11.0 Å². The van der Waals surface area contributed by atoms with Crippen LogP contribution < -0.4 is 9.30 Å². The summed E-state index contributed by atoms with van der Waals surface area (Å²) >= 11 is 0. The van der Waals surface area contributed by atoms with E-state index in [2.05, 4.69) is 121 Å². The van der Waals surface area contributed by atoms with Gasteiger partial charge >= 0.3 is 0 Å². The first-order valence-electron chi connectivity index (χ1n) is 18.2. The number of fused-ring (bicyclic) bond motifs is 4. The summed E-state index contributed by atoms with van der Waals surface area (Å²) in [7, 11) is 0. The van der Waals surface area contributed by atoms with E-state index in [0.29, 0.717) is 17.0 Å². The fourth-order valence-corrected chi connectivity index (χ4v) is 6.45. The van der Waals surface area contributed by atoms with Gasteiger partial charge in [-0.15, -0.1) is 0 Å². The lowest BCUT2D eigenvalue weighted by atomic mass is 9.86. The maximum absolute atomic E-state index is 8.18. The standard InChI is InChI=1S/C43H47N4O/c1-41(2,3)28-15-17-34-35-18-16-32(26-39(35)47(38(34)23-28)40-24-29(19-20-44-40)42(4,5)6)48-33-22-30(43(7,8)9)21-31(25-33)46-27-45(10)36-13-11-12-14-37(36)46/h11-27H,1-10H3/q+1/i10D3. The van der Waals surface area contributed by atoms with Crippen molar-refractivity contribution in [2.75, 3.05) is 0 Å². The molecule has 5 nitrogen and oxygen atoms in total. The highest BCUT2D eigenvalue weighted by atomic mass is 16.5. The van der Waals surface area contributed by atoms with E-state index in [1.165, 1.54) is 15.7 Å². The highest BCUT2D eigenvalue weighted by molar-refractivity contribution is 6.09. The van der Waals surface area contributed by atoms with Crippen LogP contribution in [0.1, 0.15) is 83.1 Å². The Bertz CT molecular complexity index is 2450. The van der Waals surface area contributed by atoms with Gasteiger partial charge in [-0.05, 0) is 87.5 Å². The summed E-state index contributed by atoms with van der Waals surface area (Å²) in [5.41, 5.74) is 7.67. The Labute approximate surface area is 288 Å². The van der Waals surface area contributed by atoms with E-state index < -0.39 is 6.98 Å². The van der Waals surface area contributed by atoms with Crippen molar-refractivity contribution in [3.8, 4) is 23.0 Å². The second-order valence-corrected chi connectivity index (χ2v) is 16.1. The lowest BCUT2D eigenvalue weighted by molar-refractivity contribution is -0.645. The number of rotatable bonds is 4. The van der Waals surface area contributed by atoms with E-state index in [-0.39, 0.29) is 16.2 Å². The molecule has 3 aromatic heterocycles. The molecule has 7 aromatic rings. The summed E-state index contributed by atoms with van der Waals surface area (Å²) in [6.45, 7) is 17.6.